The molecule has 4 fully saturated rings. The number of nitriles is 4. The number of ether oxygens (including phenoxy) is 10. The molecule has 0 saturated carbocycles. The standard InChI is InChI=1S/C50H67ClFN6O9P.C29H48FNO3.C15H17N5O4.C10H8ClN6O2P/c1-4-5-6-7-8-9-10-11-12-13-14-15-16-17-18-21-28-60-32-39(61-31-37-24-25-41(52)38(29-37)30-53)33-62-68(59,67-43-23-20-19-22-40(43)51)63-34-44-46-47(66-49(2,3)65-46)50(35-54,64-44)45-27-26-42-48(55)56-36-57-58(42)45;1-2-3-4-5-6-7-8-9-10-11-12-13-14-15-16-17-20-33-25-28(23-32)34-24-26-18-19-29(30)27(21-26)22-31;1-14(2)23-11-9(5-21)22-15(6-16,12(11)24-14)10-4-3-8-13(17)18-7-19-20(8)10;11-9-3-1-2-4-10(9)19-20(18,16-7-12-5-14-16)17-8-13-6-15-17/h19-20,22-27,29,36,39,44,46-47H,4-18,21,28,31-34H2,1-3H3,(H2,55,56,57);18-19,21,28,32H,2-17,20,23-25H2,1H3;3-4,7,9,11-12,21H,5H2,1-2H3,(H2,17,18,19);1-8H/t39-,44-,46-,47-,50+,68?;28-;9-,11-,12-,15+;/m101./s1. The highest BCUT2D eigenvalue weighted by Gasteiger charge is 2.67. The Hall–Kier alpha value is -10.1. The average molecular weight is 2100 g/mol. The van der Waals surface area contributed by atoms with Crippen LogP contribution in [0.3, 0.4) is 0 Å². The smallest absolute Gasteiger partial charge is 0.410 e. The van der Waals surface area contributed by atoms with E-state index in [1.165, 1.54) is 263 Å². The first-order valence-corrected chi connectivity index (χ1v) is 54.6. The number of nitrogen functional groups attached to an aromatic ring is 2. The van der Waals surface area contributed by atoms with Gasteiger partial charge in [0, 0.05) is 13.2 Å². The van der Waals surface area contributed by atoms with Gasteiger partial charge in [0.15, 0.2) is 23.2 Å². The van der Waals surface area contributed by atoms with Crippen molar-refractivity contribution in [3.63, 3.8) is 0 Å². The van der Waals surface area contributed by atoms with Crippen LogP contribution in [0.2, 0.25) is 10.0 Å². The lowest BCUT2D eigenvalue weighted by atomic mass is 9.92. The lowest BCUT2D eigenvalue weighted by Crippen LogP contribution is -2.40. The fraction of sp³-hybridized carbons (Fsp3) is 0.577. The fourth-order valence-electron chi connectivity index (χ4n) is 17.7. The largest absolute Gasteiger partial charge is 0.530 e. The molecule has 11 atom stereocenters. The van der Waals surface area contributed by atoms with E-state index in [4.69, 9.17) is 105 Å². The number of aliphatic hydroxyl groups is 2. The number of anilines is 2. The van der Waals surface area contributed by atoms with Gasteiger partial charge in [0.1, 0.15) is 145 Å². The molecule has 792 valence electrons. The van der Waals surface area contributed by atoms with Crippen LogP contribution < -0.4 is 20.5 Å². The zero-order chi connectivity index (χ0) is 104. The molecule has 4 saturated heterocycles. The summed E-state index contributed by atoms with van der Waals surface area (Å²) in [5, 5.41) is 74.9. The summed E-state index contributed by atoms with van der Waals surface area (Å²) in [6.07, 6.45) is 43.3. The number of fused-ring (bicyclic) bond motifs is 4. The van der Waals surface area contributed by atoms with Crippen molar-refractivity contribution in [1.29, 1.82) is 21.0 Å². The van der Waals surface area contributed by atoms with Crippen LogP contribution in [0.15, 0.2) is 147 Å². The Morgan fingerprint density at radius 3 is 1.25 bits per heavy atom. The number of aliphatic hydroxyl groups excluding tert-OH is 2. The van der Waals surface area contributed by atoms with E-state index in [2.05, 4.69) is 66.3 Å². The number of phosphoric acid groups is 1. The molecular weight excluding hydrogens is 1960 g/mol. The van der Waals surface area contributed by atoms with Crippen LogP contribution in [0.5, 0.6) is 11.5 Å². The number of rotatable bonds is 60. The first-order valence-electron chi connectivity index (χ1n) is 50.9. The predicted molar refractivity (Wildman–Crippen MR) is 543 cm³/mol. The van der Waals surface area contributed by atoms with Gasteiger partial charge in [0.05, 0.1) is 85.4 Å². The van der Waals surface area contributed by atoms with Crippen molar-refractivity contribution in [2.24, 2.45) is 0 Å². The molecule has 6 N–H and O–H groups in total. The Balaban J connectivity index is 0.000000213. The Bertz CT molecular complexity index is 5860. The Labute approximate surface area is 863 Å². The summed E-state index contributed by atoms with van der Waals surface area (Å²) in [6.45, 7) is 12.0. The zero-order valence-corrected chi connectivity index (χ0v) is 87.6. The molecule has 4 aliphatic rings. The molecule has 146 heavy (non-hydrogen) atoms. The molecule has 10 heterocycles. The van der Waals surface area contributed by atoms with E-state index in [1.54, 1.807) is 100 Å². The molecule has 10 aromatic rings. The van der Waals surface area contributed by atoms with Crippen LogP contribution in [-0.4, -0.2) is 182 Å². The number of benzene rings is 4. The van der Waals surface area contributed by atoms with Crippen LogP contribution in [-0.2, 0) is 90.0 Å². The SMILES string of the molecule is CC1(C)O[C@H]2[C@@H](O1)[C@](C#N)(c1ccc3c(N)ncnn13)O[C@@H]2CO.CCCCCCCCCCCCCCCCCCOC[C@H](CO)OCc1ccc(F)c(C#N)c1.CCCCCCCCCCCCCCCCCCOC[C@H](COP(=O)(OC[C@H]1O[C@@](C#N)(c2ccc3c(N)ncnn23)[C@@H]2OC(C)(C)O[C@@H]21)Oc1ccccc1Cl)OCc1ccc(F)c(C#N)c1.O=P(Oc1ccccc1Cl)(n1cncn1)n1cncn1. The van der Waals surface area contributed by atoms with Crippen molar-refractivity contribution in [3.05, 3.63) is 202 Å². The first-order chi connectivity index (χ1) is 70.7. The zero-order valence-electron chi connectivity index (χ0n) is 84.3. The third-order valence-corrected chi connectivity index (χ3v) is 29.2. The van der Waals surface area contributed by atoms with Crippen LogP contribution in [0.4, 0.5) is 20.4 Å². The van der Waals surface area contributed by atoms with E-state index < -0.39 is 105 Å². The molecule has 0 bridgehead atoms. The van der Waals surface area contributed by atoms with Crippen LogP contribution in [0.1, 0.15) is 281 Å². The molecule has 0 radical (unpaired) electrons. The average Bonchev–Trinajstić information content (AvgIpc) is 1.56. The number of unbranched alkanes of at least 4 members (excludes halogenated alkanes) is 30. The van der Waals surface area contributed by atoms with E-state index in [0.29, 0.717) is 64.2 Å². The maximum absolute atomic E-state index is 14.8. The summed E-state index contributed by atoms with van der Waals surface area (Å²) in [5.41, 5.74) is 11.7. The number of nitrogens with two attached hydrogens (primary N) is 2. The van der Waals surface area contributed by atoms with Crippen molar-refractivity contribution < 1.29 is 93.6 Å². The van der Waals surface area contributed by atoms with E-state index in [-0.39, 0.29) is 73.1 Å². The number of para-hydroxylation sites is 2. The number of nitrogens with zero attached hydrogens (tertiary/aromatic N) is 16. The minimum absolute atomic E-state index is 0.00129. The molecule has 0 amide bonds. The van der Waals surface area contributed by atoms with E-state index in [1.807, 2.05) is 12.1 Å². The van der Waals surface area contributed by atoms with E-state index in [0.717, 1.165) is 34.6 Å². The summed E-state index contributed by atoms with van der Waals surface area (Å²) in [6, 6.07) is 36.5. The van der Waals surface area contributed by atoms with Crippen molar-refractivity contribution >= 4 is 61.4 Å². The number of hydrogen-bond acceptors (Lipinski definition) is 32. The molecule has 4 aliphatic heterocycles. The predicted octanol–water partition coefficient (Wildman–Crippen LogP) is 21.6. The molecule has 4 aromatic carbocycles. The molecule has 6 aromatic heterocycles. The van der Waals surface area contributed by atoms with Crippen LogP contribution in [0, 0.1) is 57.0 Å². The minimum Gasteiger partial charge on any atom is -0.410 e. The normalized spacial score (nSPS) is 19.8. The highest BCUT2D eigenvalue weighted by Crippen LogP contribution is 2.56. The summed E-state index contributed by atoms with van der Waals surface area (Å²) in [7, 11) is -8.28. The van der Waals surface area contributed by atoms with Crippen molar-refractivity contribution in [2.45, 2.75) is 332 Å². The second kappa shape index (κ2) is 59.3. The Morgan fingerprint density at radius 2 is 0.856 bits per heavy atom. The summed E-state index contributed by atoms with van der Waals surface area (Å²) < 4.78 is 145. The summed E-state index contributed by atoms with van der Waals surface area (Å²) in [4.78, 5) is 15.5. The van der Waals surface area contributed by atoms with E-state index >= 15 is 0 Å². The van der Waals surface area contributed by atoms with Gasteiger partial charge in [-0.25, -0.2) is 46.9 Å². The van der Waals surface area contributed by atoms with Gasteiger partial charge in [-0.05, 0) is 124 Å². The second-order valence-electron chi connectivity index (χ2n) is 37.4. The van der Waals surface area contributed by atoms with Crippen molar-refractivity contribution in [3.8, 4) is 35.8 Å². The number of aromatic nitrogens is 12. The molecular formula is C104H140Cl2F2N18O18P2. The Morgan fingerprint density at radius 1 is 0.466 bits per heavy atom. The molecule has 0 spiro atoms. The van der Waals surface area contributed by atoms with Crippen molar-refractivity contribution in [1.82, 2.24) is 58.3 Å². The van der Waals surface area contributed by atoms with Gasteiger partial charge in [-0.15, -0.1) is 19.1 Å². The lowest BCUT2D eigenvalue weighted by molar-refractivity contribution is -0.204. The van der Waals surface area contributed by atoms with Crippen molar-refractivity contribution in [2.75, 3.05) is 64.3 Å². The molecule has 14 rings (SSSR count). The summed E-state index contributed by atoms with van der Waals surface area (Å²) in [5.74, 6) is -2.42. The molecule has 42 heteroatoms. The third-order valence-electron chi connectivity index (χ3n) is 25.3. The molecule has 0 aliphatic carbocycles. The quantitative estimate of drug-likeness (QED) is 0.0203. The number of hydrogen-bond donors (Lipinski definition) is 4. The maximum atomic E-state index is 14.8. The third kappa shape index (κ3) is 33.4. The highest BCUT2D eigenvalue weighted by molar-refractivity contribution is 7.55. The van der Waals surface area contributed by atoms with Gasteiger partial charge in [0.25, 0.3) is 0 Å². The van der Waals surface area contributed by atoms with Crippen LogP contribution in [0.25, 0.3) is 11.0 Å². The van der Waals surface area contributed by atoms with Gasteiger partial charge < -0.3 is 78.1 Å². The summed E-state index contributed by atoms with van der Waals surface area (Å²) >= 11 is 12.5. The fourth-order valence-corrected chi connectivity index (χ4v) is 20.9. The lowest BCUT2D eigenvalue weighted by Gasteiger charge is -2.29. The van der Waals surface area contributed by atoms with Gasteiger partial charge in [-0.2, -0.15) is 31.2 Å². The second-order valence-corrected chi connectivity index (χ2v) is 41.8. The Kier molecular flexibility index (Phi) is 47.2. The van der Waals surface area contributed by atoms with Gasteiger partial charge in [-0.3, -0.25) is 9.05 Å². The van der Waals surface area contributed by atoms with Gasteiger partial charge in [0.2, 0.25) is 11.2 Å². The maximum Gasteiger partial charge on any atom is 0.530 e. The molecule has 1 unspecified atom stereocenters. The monoisotopic (exact) mass is 2100 g/mol. The number of halogens is 4. The van der Waals surface area contributed by atoms with Crippen LogP contribution >= 0.6 is 38.7 Å². The van der Waals surface area contributed by atoms with E-state index in [9.17, 15) is 43.9 Å². The van der Waals surface area contributed by atoms with Gasteiger partial charge in [-0.1, -0.05) is 266 Å². The van der Waals surface area contributed by atoms with Gasteiger partial charge >= 0.3 is 15.5 Å². The highest BCUT2D eigenvalue weighted by atomic mass is 35.5. The first kappa shape index (κ1) is 116. The topological polar surface area (TPSA) is 473 Å². The minimum atomic E-state index is -4.61. The molecule has 36 nitrogen and oxygen atoms in total. The number of phosphoric ester groups is 1.